The molecule has 0 fully saturated rings. The molecule has 59 heavy (non-hydrogen) atoms. The number of carbonyl (C=O) groups excluding carboxylic acids is 1. The van der Waals surface area contributed by atoms with Gasteiger partial charge in [-0.15, -0.1) is 0 Å². The van der Waals surface area contributed by atoms with Gasteiger partial charge in [0.2, 0.25) is 5.91 Å². The Kier molecular flexibility index (Phi) is 50.2. The smallest absolute Gasteiger partial charge is 0.220 e. The zero-order chi connectivity index (χ0) is 42.8. The molecule has 0 aromatic carbocycles. The molecule has 0 aliphatic rings. The van der Waals surface area contributed by atoms with E-state index in [4.69, 9.17) is 0 Å². The highest BCUT2D eigenvalue weighted by molar-refractivity contribution is 5.76. The minimum absolute atomic E-state index is 0.0670. The van der Waals surface area contributed by atoms with E-state index in [0.29, 0.717) is 6.42 Å². The molecule has 3 N–H and O–H groups in total. The molecule has 0 aromatic rings. The molecule has 0 aliphatic heterocycles. The van der Waals surface area contributed by atoms with Gasteiger partial charge in [0.25, 0.3) is 0 Å². The van der Waals surface area contributed by atoms with E-state index in [1.165, 1.54) is 250 Å². The fraction of sp³-hybridized carbons (Fsp3) is 0.909. The molecule has 0 radical (unpaired) electrons. The maximum absolute atomic E-state index is 12.5. The molecule has 2 atom stereocenters. The van der Waals surface area contributed by atoms with Crippen molar-refractivity contribution in [3.63, 3.8) is 0 Å². The maximum atomic E-state index is 12.5. The van der Waals surface area contributed by atoms with Crippen molar-refractivity contribution in [1.29, 1.82) is 0 Å². The van der Waals surface area contributed by atoms with Crippen LogP contribution in [0.5, 0.6) is 0 Å². The average molecular weight is 830 g/mol. The quantitative estimate of drug-likeness (QED) is 0.0422. The molecule has 0 aliphatic carbocycles. The Morgan fingerprint density at radius 2 is 0.661 bits per heavy atom. The molecule has 0 heterocycles. The standard InChI is InChI=1S/C55H107NO3/c1-3-5-7-9-11-13-15-17-19-21-23-25-27-28-29-31-33-35-37-39-41-43-45-47-49-51-55(59)56-53(52-57)54(58)50-48-46-44-42-40-38-36-34-32-30-26-24-22-20-18-16-14-12-10-8-6-4-2/h40,42,48,50,53-54,57-58H,3-39,41,43-47,49,51-52H2,1-2H3,(H,56,59)/b42-40+,50-48+. The SMILES string of the molecule is CCCCCCCCCCCCCCCCCC/C=C/CC/C=C/C(O)C(CO)NC(=O)CCCCCCCCCCCCCCCCCCCCCCCCCCC. The van der Waals surface area contributed by atoms with Crippen LogP contribution < -0.4 is 5.32 Å². The molecule has 4 heteroatoms. The van der Waals surface area contributed by atoms with Gasteiger partial charge in [-0.3, -0.25) is 4.79 Å². The Labute approximate surface area is 370 Å². The molecule has 1 amide bonds. The zero-order valence-electron chi connectivity index (χ0n) is 40.3. The topological polar surface area (TPSA) is 69.6 Å². The summed E-state index contributed by atoms with van der Waals surface area (Å²) in [7, 11) is 0. The van der Waals surface area contributed by atoms with Crippen molar-refractivity contribution in [1.82, 2.24) is 5.32 Å². The van der Waals surface area contributed by atoms with Gasteiger partial charge in [-0.2, -0.15) is 0 Å². The van der Waals surface area contributed by atoms with Crippen LogP contribution in [0.15, 0.2) is 24.3 Å². The molecule has 4 nitrogen and oxygen atoms in total. The van der Waals surface area contributed by atoms with E-state index < -0.39 is 12.1 Å². The van der Waals surface area contributed by atoms with Crippen molar-refractivity contribution in [3.8, 4) is 0 Å². The summed E-state index contributed by atoms with van der Waals surface area (Å²) in [5, 5.41) is 23.1. The lowest BCUT2D eigenvalue weighted by Gasteiger charge is -2.19. The lowest BCUT2D eigenvalue weighted by atomic mass is 10.0. The number of amides is 1. The van der Waals surface area contributed by atoms with Crippen LogP contribution in [0, 0.1) is 0 Å². The summed E-state index contributed by atoms with van der Waals surface area (Å²) in [6.07, 6.45) is 67.6. The first kappa shape index (κ1) is 57.9. The first-order chi connectivity index (χ1) is 29.2. The summed E-state index contributed by atoms with van der Waals surface area (Å²) in [6.45, 7) is 4.33. The highest BCUT2D eigenvalue weighted by atomic mass is 16.3. The van der Waals surface area contributed by atoms with Crippen LogP contribution in [0.25, 0.3) is 0 Å². The monoisotopic (exact) mass is 830 g/mol. The van der Waals surface area contributed by atoms with E-state index in [-0.39, 0.29) is 12.5 Å². The lowest BCUT2D eigenvalue weighted by Crippen LogP contribution is -2.45. The van der Waals surface area contributed by atoms with E-state index in [2.05, 4.69) is 31.3 Å². The number of aliphatic hydroxyl groups is 2. The number of aliphatic hydroxyl groups excluding tert-OH is 2. The van der Waals surface area contributed by atoms with Gasteiger partial charge in [-0.25, -0.2) is 0 Å². The Morgan fingerprint density at radius 3 is 0.983 bits per heavy atom. The van der Waals surface area contributed by atoms with E-state index in [1.807, 2.05) is 6.08 Å². The van der Waals surface area contributed by atoms with Crippen molar-refractivity contribution >= 4 is 5.91 Å². The summed E-state index contributed by atoms with van der Waals surface area (Å²) in [5.41, 5.74) is 0. The van der Waals surface area contributed by atoms with Crippen molar-refractivity contribution in [2.75, 3.05) is 6.61 Å². The molecule has 0 bridgehead atoms. The summed E-state index contributed by atoms with van der Waals surface area (Å²) in [6, 6.07) is -0.636. The third-order valence-corrected chi connectivity index (χ3v) is 12.7. The average Bonchev–Trinajstić information content (AvgIpc) is 3.24. The van der Waals surface area contributed by atoms with Crippen LogP contribution >= 0.6 is 0 Å². The van der Waals surface area contributed by atoms with Crippen LogP contribution in [0.1, 0.15) is 303 Å². The third kappa shape index (κ3) is 47.8. The summed E-state index contributed by atoms with van der Waals surface area (Å²) >= 11 is 0. The van der Waals surface area contributed by atoms with Gasteiger partial charge in [0.15, 0.2) is 0 Å². The molecule has 0 saturated carbocycles. The first-order valence-electron chi connectivity index (χ1n) is 27.1. The van der Waals surface area contributed by atoms with Crippen LogP contribution in [-0.4, -0.2) is 34.9 Å². The number of carbonyl (C=O) groups is 1. The minimum Gasteiger partial charge on any atom is -0.394 e. The summed E-state index contributed by atoms with van der Waals surface area (Å²) < 4.78 is 0. The van der Waals surface area contributed by atoms with Gasteiger partial charge in [-0.05, 0) is 32.1 Å². The number of allylic oxidation sites excluding steroid dienone is 3. The number of hydrogen-bond acceptors (Lipinski definition) is 3. The molecule has 2 unspecified atom stereocenters. The van der Waals surface area contributed by atoms with Crippen LogP contribution in [0.3, 0.4) is 0 Å². The normalized spacial score (nSPS) is 12.9. The second kappa shape index (κ2) is 51.2. The van der Waals surface area contributed by atoms with E-state index in [0.717, 1.165) is 32.1 Å². The van der Waals surface area contributed by atoms with Crippen LogP contribution in [0.2, 0.25) is 0 Å². The van der Waals surface area contributed by atoms with Crippen LogP contribution in [0.4, 0.5) is 0 Å². The number of rotatable bonds is 50. The predicted molar refractivity (Wildman–Crippen MR) is 262 cm³/mol. The van der Waals surface area contributed by atoms with Gasteiger partial charge in [0.05, 0.1) is 18.8 Å². The largest absolute Gasteiger partial charge is 0.394 e. The highest BCUT2D eigenvalue weighted by Gasteiger charge is 2.18. The Hall–Kier alpha value is -1.13. The van der Waals surface area contributed by atoms with Crippen LogP contribution in [-0.2, 0) is 4.79 Å². The molecule has 0 spiro atoms. The lowest BCUT2D eigenvalue weighted by molar-refractivity contribution is -0.123. The van der Waals surface area contributed by atoms with Gasteiger partial charge in [-0.1, -0.05) is 289 Å². The van der Waals surface area contributed by atoms with Gasteiger partial charge >= 0.3 is 0 Å². The number of unbranched alkanes of at least 4 members (excludes halogenated alkanes) is 41. The fourth-order valence-electron chi connectivity index (χ4n) is 8.55. The second-order valence-electron chi connectivity index (χ2n) is 18.7. The molecule has 0 aromatic heterocycles. The minimum atomic E-state index is -0.859. The van der Waals surface area contributed by atoms with Crippen molar-refractivity contribution in [2.24, 2.45) is 0 Å². The Bertz CT molecular complexity index is 855. The maximum Gasteiger partial charge on any atom is 0.220 e. The van der Waals surface area contributed by atoms with Crippen molar-refractivity contribution < 1.29 is 15.0 Å². The van der Waals surface area contributed by atoms with E-state index in [1.54, 1.807) is 6.08 Å². The second-order valence-corrected chi connectivity index (χ2v) is 18.7. The Morgan fingerprint density at radius 1 is 0.390 bits per heavy atom. The highest BCUT2D eigenvalue weighted by Crippen LogP contribution is 2.17. The Balaban J connectivity index is 3.50. The molecule has 0 saturated heterocycles. The number of nitrogens with one attached hydrogen (secondary N) is 1. The van der Waals surface area contributed by atoms with Gasteiger partial charge in [0.1, 0.15) is 0 Å². The van der Waals surface area contributed by atoms with Crippen molar-refractivity contribution in [2.45, 2.75) is 315 Å². The van der Waals surface area contributed by atoms with Gasteiger partial charge in [0, 0.05) is 6.42 Å². The predicted octanol–water partition coefficient (Wildman–Crippen LogP) is 17.5. The summed E-state index contributed by atoms with van der Waals surface area (Å²) in [4.78, 5) is 12.5. The number of hydrogen-bond donors (Lipinski definition) is 3. The molecule has 0 rings (SSSR count). The molecular weight excluding hydrogens is 723 g/mol. The van der Waals surface area contributed by atoms with E-state index >= 15 is 0 Å². The zero-order valence-corrected chi connectivity index (χ0v) is 40.3. The molecule has 350 valence electrons. The fourth-order valence-corrected chi connectivity index (χ4v) is 8.55. The van der Waals surface area contributed by atoms with E-state index in [9.17, 15) is 15.0 Å². The molecular formula is C55H107NO3. The summed E-state index contributed by atoms with van der Waals surface area (Å²) in [5.74, 6) is -0.0670. The first-order valence-corrected chi connectivity index (χ1v) is 27.1. The van der Waals surface area contributed by atoms with Crippen molar-refractivity contribution in [3.05, 3.63) is 24.3 Å². The van der Waals surface area contributed by atoms with Gasteiger partial charge < -0.3 is 15.5 Å². The third-order valence-electron chi connectivity index (χ3n) is 12.7.